The van der Waals surface area contributed by atoms with Crippen molar-refractivity contribution >= 4 is 18.7 Å². The second-order valence-electron chi connectivity index (χ2n) is 6.81. The third kappa shape index (κ3) is 3.72. The van der Waals surface area contributed by atoms with Crippen molar-refractivity contribution in [2.75, 3.05) is 13.2 Å². The predicted molar refractivity (Wildman–Crippen MR) is 96.7 cm³/mol. The second-order valence-corrected chi connectivity index (χ2v) is 11.1. The molecule has 2 N–H and O–H groups in total. The van der Waals surface area contributed by atoms with Gasteiger partial charge in [0.2, 0.25) is 0 Å². The molecule has 0 saturated carbocycles. The number of benzene rings is 2. The van der Waals surface area contributed by atoms with Gasteiger partial charge in [-0.3, -0.25) is 0 Å². The highest BCUT2D eigenvalue weighted by Crippen LogP contribution is 2.36. The van der Waals surface area contributed by atoms with Gasteiger partial charge in [0.15, 0.2) is 0 Å². The number of aliphatic hydroxyl groups is 2. The summed E-state index contributed by atoms with van der Waals surface area (Å²) in [5.74, 6) is 0. The van der Waals surface area contributed by atoms with Crippen LogP contribution < -0.4 is 10.4 Å². The Labute approximate surface area is 139 Å². The number of aliphatic hydroxyl groups excluding tert-OH is 2. The Morgan fingerprint density at radius 1 is 0.913 bits per heavy atom. The molecule has 124 valence electrons. The SMILES string of the molecule is CC(C)(C)[Si](OC[C@@H](O)CO)(c1ccccc1)c1ccccc1. The highest BCUT2D eigenvalue weighted by atomic mass is 28.4. The predicted octanol–water partition coefficient (Wildman–Crippen LogP) is 1.92. The Morgan fingerprint density at radius 2 is 1.35 bits per heavy atom. The second kappa shape index (κ2) is 7.40. The van der Waals surface area contributed by atoms with Gasteiger partial charge in [-0.25, -0.2) is 0 Å². The first kappa shape index (κ1) is 17.9. The Morgan fingerprint density at radius 3 is 1.70 bits per heavy atom. The average Bonchev–Trinajstić information content (AvgIpc) is 2.56. The van der Waals surface area contributed by atoms with Crippen molar-refractivity contribution in [2.24, 2.45) is 0 Å². The van der Waals surface area contributed by atoms with E-state index >= 15 is 0 Å². The lowest BCUT2D eigenvalue weighted by Gasteiger charge is -2.43. The van der Waals surface area contributed by atoms with Gasteiger partial charge in [0, 0.05) is 0 Å². The molecule has 23 heavy (non-hydrogen) atoms. The van der Waals surface area contributed by atoms with E-state index in [0.717, 1.165) is 0 Å². The molecule has 0 unspecified atom stereocenters. The summed E-state index contributed by atoms with van der Waals surface area (Å²) in [5.41, 5.74) is 0. The molecule has 0 heterocycles. The molecule has 0 aliphatic rings. The van der Waals surface area contributed by atoms with Crippen molar-refractivity contribution < 1.29 is 14.6 Å². The molecule has 2 aromatic rings. The summed E-state index contributed by atoms with van der Waals surface area (Å²) in [4.78, 5) is 0. The molecule has 0 aromatic heterocycles. The molecule has 0 aliphatic heterocycles. The number of hydrogen-bond donors (Lipinski definition) is 2. The van der Waals surface area contributed by atoms with Crippen LogP contribution in [0.25, 0.3) is 0 Å². The zero-order chi connectivity index (χ0) is 16.9. The molecule has 0 radical (unpaired) electrons. The Balaban J connectivity index is 2.60. The molecular weight excluding hydrogens is 304 g/mol. The third-order valence-electron chi connectivity index (χ3n) is 4.12. The first-order valence-corrected chi connectivity index (χ1v) is 9.86. The summed E-state index contributed by atoms with van der Waals surface area (Å²) in [6, 6.07) is 20.5. The number of rotatable bonds is 6. The molecule has 0 amide bonds. The van der Waals surface area contributed by atoms with Crippen molar-refractivity contribution in [1.29, 1.82) is 0 Å². The molecular formula is C19H26O3Si. The molecule has 0 aliphatic carbocycles. The summed E-state index contributed by atoms with van der Waals surface area (Å²) in [6.07, 6.45) is -0.864. The van der Waals surface area contributed by atoms with Crippen molar-refractivity contribution in [3.63, 3.8) is 0 Å². The number of hydrogen-bond acceptors (Lipinski definition) is 3. The summed E-state index contributed by atoms with van der Waals surface area (Å²) in [6.45, 7) is 6.39. The topological polar surface area (TPSA) is 49.7 Å². The lowest BCUT2D eigenvalue weighted by Crippen LogP contribution is -2.67. The van der Waals surface area contributed by atoms with Gasteiger partial charge < -0.3 is 14.6 Å². The lowest BCUT2D eigenvalue weighted by atomic mass is 10.2. The van der Waals surface area contributed by atoms with E-state index in [1.54, 1.807) is 0 Å². The van der Waals surface area contributed by atoms with Gasteiger partial charge in [-0.1, -0.05) is 81.4 Å². The van der Waals surface area contributed by atoms with E-state index in [2.05, 4.69) is 45.0 Å². The van der Waals surface area contributed by atoms with Gasteiger partial charge in [-0.2, -0.15) is 0 Å². The van der Waals surface area contributed by atoms with Crippen LogP contribution in [0.15, 0.2) is 60.7 Å². The van der Waals surface area contributed by atoms with Gasteiger partial charge in [0.25, 0.3) is 8.32 Å². The molecule has 0 bridgehead atoms. The molecule has 0 spiro atoms. The Hall–Kier alpha value is -1.46. The maximum atomic E-state index is 9.83. The van der Waals surface area contributed by atoms with Gasteiger partial charge >= 0.3 is 0 Å². The first-order valence-electron chi connectivity index (χ1n) is 7.96. The van der Waals surface area contributed by atoms with Crippen LogP contribution in [-0.4, -0.2) is 37.8 Å². The Bertz CT molecular complexity index is 554. The van der Waals surface area contributed by atoms with E-state index in [9.17, 15) is 5.11 Å². The highest BCUT2D eigenvalue weighted by molar-refractivity contribution is 6.99. The monoisotopic (exact) mass is 330 g/mol. The van der Waals surface area contributed by atoms with Crippen LogP contribution in [0.4, 0.5) is 0 Å². The normalized spacial score (nSPS) is 13.8. The fourth-order valence-electron chi connectivity index (χ4n) is 3.04. The van der Waals surface area contributed by atoms with Crippen LogP contribution in [-0.2, 0) is 4.43 Å². The minimum absolute atomic E-state index is 0.120. The summed E-state index contributed by atoms with van der Waals surface area (Å²) in [7, 11) is -2.60. The molecule has 0 fully saturated rings. The van der Waals surface area contributed by atoms with E-state index in [-0.39, 0.29) is 18.3 Å². The zero-order valence-electron chi connectivity index (χ0n) is 14.1. The molecule has 0 saturated heterocycles. The van der Waals surface area contributed by atoms with Crippen molar-refractivity contribution in [3.8, 4) is 0 Å². The largest absolute Gasteiger partial charge is 0.405 e. The van der Waals surface area contributed by atoms with Crippen LogP contribution in [0.2, 0.25) is 5.04 Å². The van der Waals surface area contributed by atoms with E-state index in [1.165, 1.54) is 10.4 Å². The van der Waals surface area contributed by atoms with Crippen molar-refractivity contribution in [1.82, 2.24) is 0 Å². The smallest absolute Gasteiger partial charge is 0.261 e. The highest BCUT2D eigenvalue weighted by Gasteiger charge is 2.50. The maximum absolute atomic E-state index is 9.83. The molecule has 1 atom stereocenters. The fraction of sp³-hybridized carbons (Fsp3) is 0.368. The van der Waals surface area contributed by atoms with Crippen LogP contribution in [0.3, 0.4) is 0 Å². The quantitative estimate of drug-likeness (QED) is 0.796. The zero-order valence-corrected chi connectivity index (χ0v) is 15.1. The van der Waals surface area contributed by atoms with Crippen LogP contribution in [0.1, 0.15) is 20.8 Å². The van der Waals surface area contributed by atoms with Crippen LogP contribution in [0.5, 0.6) is 0 Å². The van der Waals surface area contributed by atoms with Crippen molar-refractivity contribution in [3.05, 3.63) is 60.7 Å². The summed E-state index contributed by atoms with van der Waals surface area (Å²) >= 11 is 0. The minimum atomic E-state index is -2.60. The third-order valence-corrected chi connectivity index (χ3v) is 9.12. The molecule has 2 rings (SSSR count). The van der Waals surface area contributed by atoms with Gasteiger partial charge in [0.1, 0.15) is 0 Å². The van der Waals surface area contributed by atoms with Crippen LogP contribution in [0, 0.1) is 0 Å². The van der Waals surface area contributed by atoms with E-state index < -0.39 is 14.4 Å². The lowest BCUT2D eigenvalue weighted by molar-refractivity contribution is 0.0503. The van der Waals surface area contributed by atoms with E-state index in [4.69, 9.17) is 9.53 Å². The van der Waals surface area contributed by atoms with Gasteiger partial charge in [-0.05, 0) is 15.4 Å². The standard InChI is InChI=1S/C19H26O3Si/c1-19(2,3)23(22-15-16(21)14-20,17-10-6-4-7-11-17)18-12-8-5-9-13-18/h4-13,16,20-21H,14-15H2,1-3H3/t16-/m0/s1. The maximum Gasteiger partial charge on any atom is 0.261 e. The molecule has 3 nitrogen and oxygen atoms in total. The first-order chi connectivity index (χ1) is 10.9. The molecule has 4 heteroatoms. The minimum Gasteiger partial charge on any atom is -0.405 e. The van der Waals surface area contributed by atoms with Crippen molar-refractivity contribution in [2.45, 2.75) is 31.9 Å². The van der Waals surface area contributed by atoms with Gasteiger partial charge in [-0.15, -0.1) is 0 Å². The van der Waals surface area contributed by atoms with E-state index in [1.807, 2.05) is 36.4 Å². The Kier molecular flexibility index (Phi) is 5.76. The van der Waals surface area contributed by atoms with E-state index in [0.29, 0.717) is 0 Å². The molecule has 2 aromatic carbocycles. The fourth-order valence-corrected chi connectivity index (χ4v) is 7.63. The summed E-state index contributed by atoms with van der Waals surface area (Å²) < 4.78 is 6.45. The van der Waals surface area contributed by atoms with Gasteiger partial charge in [0.05, 0.1) is 19.3 Å². The van der Waals surface area contributed by atoms with Crippen LogP contribution >= 0.6 is 0 Å². The average molecular weight is 331 g/mol. The summed E-state index contributed by atoms with van der Waals surface area (Å²) in [5, 5.41) is 21.2.